The molecule has 1 unspecified atom stereocenters. The molecule has 1 aliphatic carbocycles. The van der Waals surface area contributed by atoms with Gasteiger partial charge in [-0.25, -0.2) is 4.79 Å². The van der Waals surface area contributed by atoms with Gasteiger partial charge in [0.15, 0.2) is 0 Å². The zero-order chi connectivity index (χ0) is 20.4. The van der Waals surface area contributed by atoms with Crippen LogP contribution in [0.2, 0.25) is 0 Å². The van der Waals surface area contributed by atoms with Crippen LogP contribution >= 0.6 is 0 Å². The van der Waals surface area contributed by atoms with Crippen LogP contribution in [0.5, 0.6) is 0 Å². The van der Waals surface area contributed by atoms with Crippen LogP contribution in [0, 0.1) is 0 Å². The van der Waals surface area contributed by atoms with Crippen LogP contribution in [0.25, 0.3) is 11.6 Å². The highest BCUT2D eigenvalue weighted by atomic mass is 16.5. The van der Waals surface area contributed by atoms with Crippen molar-refractivity contribution in [2.75, 3.05) is 25.5 Å². The number of carbonyl (C=O) groups excluding carboxylic acids is 1. The quantitative estimate of drug-likeness (QED) is 0.855. The Balaban J connectivity index is 1.55. The van der Waals surface area contributed by atoms with Gasteiger partial charge >= 0.3 is 5.63 Å². The lowest BCUT2D eigenvalue weighted by Crippen LogP contribution is -2.41. The van der Waals surface area contributed by atoms with E-state index in [2.05, 4.69) is 17.3 Å². The molecule has 1 N–H and O–H groups in total. The Labute approximate surface area is 169 Å². The van der Waals surface area contributed by atoms with Crippen molar-refractivity contribution in [3.05, 3.63) is 63.0 Å². The first-order valence-corrected chi connectivity index (χ1v) is 10.1. The Hall–Kier alpha value is -2.70. The van der Waals surface area contributed by atoms with Crippen LogP contribution in [0.3, 0.4) is 0 Å². The fourth-order valence-electron chi connectivity index (χ4n) is 3.89. The summed E-state index contributed by atoms with van der Waals surface area (Å²) in [5.41, 5.74) is 1.57. The highest BCUT2D eigenvalue weighted by molar-refractivity contribution is 6.04. The molecule has 1 atom stereocenters. The number of anilines is 1. The maximum Gasteiger partial charge on any atom is 0.360 e. The molecule has 29 heavy (non-hydrogen) atoms. The van der Waals surface area contributed by atoms with Gasteiger partial charge in [0, 0.05) is 23.9 Å². The highest BCUT2D eigenvalue weighted by Gasteiger charge is 2.24. The van der Waals surface area contributed by atoms with Crippen molar-refractivity contribution in [2.24, 2.45) is 0 Å². The Kier molecular flexibility index (Phi) is 5.65. The van der Waals surface area contributed by atoms with Crippen molar-refractivity contribution in [2.45, 2.75) is 38.4 Å². The second-order valence-electron chi connectivity index (χ2n) is 7.80. The van der Waals surface area contributed by atoms with Crippen molar-refractivity contribution >= 4 is 23.2 Å². The van der Waals surface area contributed by atoms with Gasteiger partial charge in [-0.3, -0.25) is 4.79 Å². The molecule has 2 aliphatic rings. The molecule has 2 aromatic rings. The summed E-state index contributed by atoms with van der Waals surface area (Å²) in [5.74, 6) is -0.335. The van der Waals surface area contributed by atoms with Crippen molar-refractivity contribution in [1.29, 1.82) is 0 Å². The molecular weight excluding hydrogens is 368 g/mol. The Morgan fingerprint density at radius 2 is 1.93 bits per heavy atom. The van der Waals surface area contributed by atoms with E-state index in [9.17, 15) is 9.59 Å². The van der Waals surface area contributed by atoms with Gasteiger partial charge in [-0.05, 0) is 57.0 Å². The SMILES string of the molecule is CC1=c2oc(=O)c(NC(=O)c3ccccc3)cc2=CCC1OC1CCN(C)CC1. The molecule has 0 saturated carbocycles. The van der Waals surface area contributed by atoms with Crippen molar-refractivity contribution in [3.8, 4) is 0 Å². The molecule has 0 radical (unpaired) electrons. The van der Waals surface area contributed by atoms with E-state index in [4.69, 9.17) is 9.15 Å². The standard InChI is InChI=1S/C23H26N2O4/c1-15-20(28-18-10-12-25(2)13-11-18)9-8-17-14-19(23(27)29-21(15)17)24-22(26)16-6-4-3-5-7-16/h3-8,14,18,20H,9-13H2,1-2H3,(H,24,26). The number of nitrogens with zero attached hydrogens (tertiary/aromatic N) is 1. The normalized spacial score (nSPS) is 20.1. The highest BCUT2D eigenvalue weighted by Crippen LogP contribution is 2.21. The molecular formula is C23H26N2O4. The van der Waals surface area contributed by atoms with E-state index >= 15 is 0 Å². The molecule has 0 spiro atoms. The van der Waals surface area contributed by atoms with Gasteiger partial charge in [0.25, 0.3) is 5.91 Å². The average molecular weight is 394 g/mol. The Bertz CT molecular complexity index is 1070. The summed E-state index contributed by atoms with van der Waals surface area (Å²) in [4.78, 5) is 27.2. The summed E-state index contributed by atoms with van der Waals surface area (Å²) >= 11 is 0. The van der Waals surface area contributed by atoms with E-state index < -0.39 is 5.63 Å². The monoisotopic (exact) mass is 394 g/mol. The van der Waals surface area contributed by atoms with Crippen molar-refractivity contribution < 1.29 is 13.9 Å². The fraction of sp³-hybridized carbons (Fsp3) is 0.391. The number of hydrogen-bond acceptors (Lipinski definition) is 5. The van der Waals surface area contributed by atoms with Gasteiger partial charge in [-0.15, -0.1) is 0 Å². The maximum atomic E-state index is 12.5. The summed E-state index contributed by atoms with van der Waals surface area (Å²) in [6.07, 6.45) is 4.93. The number of ether oxygens (including phenoxy) is 1. The minimum atomic E-state index is -0.555. The first-order chi connectivity index (χ1) is 14.0. The van der Waals surface area contributed by atoms with Crippen LogP contribution in [0.15, 0.2) is 45.6 Å². The number of fused-ring (bicyclic) bond motifs is 1. The predicted octanol–water partition coefficient (Wildman–Crippen LogP) is 1.73. The van der Waals surface area contributed by atoms with Crippen molar-refractivity contribution in [1.82, 2.24) is 4.90 Å². The second kappa shape index (κ2) is 8.35. The van der Waals surface area contributed by atoms with E-state index in [-0.39, 0.29) is 23.8 Å². The van der Waals surface area contributed by atoms with Gasteiger partial charge in [0.1, 0.15) is 11.1 Å². The number of benzene rings is 1. The third kappa shape index (κ3) is 4.33. The topological polar surface area (TPSA) is 71.8 Å². The van der Waals surface area contributed by atoms with Gasteiger partial charge in [0.05, 0.1) is 12.2 Å². The zero-order valence-electron chi connectivity index (χ0n) is 16.8. The molecule has 1 aromatic carbocycles. The summed E-state index contributed by atoms with van der Waals surface area (Å²) in [7, 11) is 2.13. The van der Waals surface area contributed by atoms with E-state index in [0.717, 1.165) is 43.1 Å². The van der Waals surface area contributed by atoms with Crippen LogP contribution in [0.4, 0.5) is 5.69 Å². The predicted molar refractivity (Wildman–Crippen MR) is 112 cm³/mol. The van der Waals surface area contributed by atoms with Gasteiger partial charge < -0.3 is 19.4 Å². The molecule has 0 bridgehead atoms. The molecule has 6 heteroatoms. The van der Waals surface area contributed by atoms with Crippen LogP contribution in [-0.4, -0.2) is 43.2 Å². The average Bonchev–Trinajstić information content (AvgIpc) is 2.73. The first-order valence-electron chi connectivity index (χ1n) is 10.1. The zero-order valence-corrected chi connectivity index (χ0v) is 16.8. The number of amides is 1. The second-order valence-corrected chi connectivity index (χ2v) is 7.80. The molecule has 152 valence electrons. The number of likely N-dealkylation sites (tertiary alicyclic amines) is 1. The Morgan fingerprint density at radius 3 is 2.66 bits per heavy atom. The lowest BCUT2D eigenvalue weighted by Gasteiger charge is -2.32. The minimum Gasteiger partial charge on any atom is -0.421 e. The lowest BCUT2D eigenvalue weighted by molar-refractivity contribution is -0.0139. The molecule has 1 saturated heterocycles. The van der Waals surface area contributed by atoms with Crippen LogP contribution in [0.1, 0.15) is 36.5 Å². The van der Waals surface area contributed by atoms with Crippen LogP contribution < -0.4 is 21.6 Å². The summed E-state index contributed by atoms with van der Waals surface area (Å²) in [6, 6.07) is 10.5. The minimum absolute atomic E-state index is 0.0798. The molecule has 6 nitrogen and oxygen atoms in total. The first kappa shape index (κ1) is 19.6. The molecule has 1 aliphatic heterocycles. The summed E-state index contributed by atoms with van der Waals surface area (Å²) < 4.78 is 11.9. The number of nitrogens with one attached hydrogen (secondary N) is 1. The number of rotatable bonds is 4. The van der Waals surface area contributed by atoms with E-state index in [1.807, 2.05) is 19.1 Å². The fourth-order valence-corrected chi connectivity index (χ4v) is 3.89. The third-order valence-corrected chi connectivity index (χ3v) is 5.68. The number of hydrogen-bond donors (Lipinski definition) is 1. The smallest absolute Gasteiger partial charge is 0.360 e. The molecule has 1 fully saturated rings. The molecule has 2 heterocycles. The summed E-state index contributed by atoms with van der Waals surface area (Å²) in [6.45, 7) is 4.03. The largest absolute Gasteiger partial charge is 0.421 e. The van der Waals surface area contributed by atoms with Gasteiger partial charge in [0.2, 0.25) is 0 Å². The van der Waals surface area contributed by atoms with Crippen molar-refractivity contribution in [3.63, 3.8) is 0 Å². The van der Waals surface area contributed by atoms with E-state index in [1.54, 1.807) is 30.3 Å². The van der Waals surface area contributed by atoms with E-state index in [0.29, 0.717) is 11.0 Å². The third-order valence-electron chi connectivity index (χ3n) is 5.68. The maximum absolute atomic E-state index is 12.5. The number of piperidine rings is 1. The molecule has 1 amide bonds. The van der Waals surface area contributed by atoms with E-state index in [1.165, 1.54) is 0 Å². The summed E-state index contributed by atoms with van der Waals surface area (Å²) in [5, 5.41) is 3.48. The van der Waals surface area contributed by atoms with Gasteiger partial charge in [-0.2, -0.15) is 0 Å². The van der Waals surface area contributed by atoms with Crippen LogP contribution in [-0.2, 0) is 4.74 Å². The number of carbonyl (C=O) groups is 1. The lowest BCUT2D eigenvalue weighted by atomic mass is 10.0. The molecule has 1 aromatic heterocycles. The molecule has 4 rings (SSSR count). The Morgan fingerprint density at radius 1 is 1.21 bits per heavy atom. The van der Waals surface area contributed by atoms with Gasteiger partial charge in [-0.1, -0.05) is 24.3 Å².